The molecule has 0 saturated heterocycles. The van der Waals surface area contributed by atoms with E-state index in [-0.39, 0.29) is 10.8 Å². The Kier molecular flexibility index (Phi) is 3.90. The molecule has 0 bridgehead atoms. The fourth-order valence-electron chi connectivity index (χ4n) is 5.44. The predicted octanol–water partition coefficient (Wildman–Crippen LogP) is 5.69. The molecule has 1 heterocycles. The van der Waals surface area contributed by atoms with Crippen LogP contribution in [0.3, 0.4) is 0 Å². The molecule has 0 amide bonds. The zero-order valence-electron chi connectivity index (χ0n) is 15.6. The molecule has 2 aliphatic rings. The lowest BCUT2D eigenvalue weighted by Crippen LogP contribution is -2.45. The molecule has 2 aromatic rings. The number of H-pyrrole nitrogens is 1. The van der Waals surface area contributed by atoms with Gasteiger partial charge in [0, 0.05) is 22.5 Å². The Morgan fingerprint density at radius 3 is 2.84 bits per heavy atom. The molecule has 0 radical (unpaired) electrons. The molecule has 1 N–H and O–H groups in total. The summed E-state index contributed by atoms with van der Waals surface area (Å²) in [5.74, 6) is 1.06. The SMILES string of the molecule is C[C@@H]1CC[C@H]2C(=CCC[C@]2(C)C=O)[C@@]1(C)Cc1c[nH]c2ccccc12. The zero-order valence-corrected chi connectivity index (χ0v) is 15.6. The molecule has 1 aromatic carbocycles. The summed E-state index contributed by atoms with van der Waals surface area (Å²) in [6.45, 7) is 7.02. The van der Waals surface area contributed by atoms with Crippen LogP contribution < -0.4 is 0 Å². The van der Waals surface area contributed by atoms with E-state index in [1.807, 2.05) is 0 Å². The second-order valence-electron chi connectivity index (χ2n) is 8.81. The van der Waals surface area contributed by atoms with Crippen LogP contribution in [0.4, 0.5) is 0 Å². The van der Waals surface area contributed by atoms with Crippen LogP contribution in [-0.2, 0) is 11.2 Å². The molecule has 1 saturated carbocycles. The van der Waals surface area contributed by atoms with Crippen molar-refractivity contribution in [2.45, 2.75) is 52.9 Å². The number of nitrogens with one attached hydrogen (secondary N) is 1. The van der Waals surface area contributed by atoms with Crippen molar-refractivity contribution in [1.82, 2.24) is 4.98 Å². The molecule has 132 valence electrons. The molecule has 2 nitrogen and oxygen atoms in total. The number of rotatable bonds is 3. The number of benzene rings is 1. The lowest BCUT2D eigenvalue weighted by molar-refractivity contribution is -0.119. The van der Waals surface area contributed by atoms with Gasteiger partial charge in [0.1, 0.15) is 6.29 Å². The number of hydrogen-bond donors (Lipinski definition) is 1. The standard InChI is InChI=1S/C23H29NO/c1-16-10-11-19-20(8-6-12-22(19,2)15-25)23(16,3)13-17-14-24-21-9-5-4-7-18(17)21/h4-5,7-9,14-16,19,24H,6,10-13H2,1-3H3/t16-,19+,22-,23+/m1/s1. The summed E-state index contributed by atoms with van der Waals surface area (Å²) < 4.78 is 0. The van der Waals surface area contributed by atoms with Gasteiger partial charge in [-0.15, -0.1) is 0 Å². The van der Waals surface area contributed by atoms with Crippen LogP contribution in [0.5, 0.6) is 0 Å². The van der Waals surface area contributed by atoms with E-state index in [2.05, 4.69) is 62.3 Å². The number of carbonyl (C=O) groups excluding carboxylic acids is 1. The van der Waals surface area contributed by atoms with Gasteiger partial charge in [0.25, 0.3) is 0 Å². The maximum atomic E-state index is 11.9. The van der Waals surface area contributed by atoms with Crippen molar-refractivity contribution in [2.75, 3.05) is 0 Å². The third kappa shape index (κ3) is 2.49. The smallest absolute Gasteiger partial charge is 0.126 e. The van der Waals surface area contributed by atoms with Crippen LogP contribution in [0, 0.1) is 22.7 Å². The van der Waals surface area contributed by atoms with E-state index in [9.17, 15) is 4.79 Å². The molecule has 4 rings (SSSR count). The van der Waals surface area contributed by atoms with Crippen LogP contribution in [0.2, 0.25) is 0 Å². The van der Waals surface area contributed by atoms with Crippen LogP contribution >= 0.6 is 0 Å². The van der Waals surface area contributed by atoms with Crippen molar-refractivity contribution in [3.63, 3.8) is 0 Å². The first kappa shape index (κ1) is 16.6. The quantitative estimate of drug-likeness (QED) is 0.567. The van der Waals surface area contributed by atoms with E-state index in [0.717, 1.165) is 25.7 Å². The Bertz CT molecular complexity index is 831. The topological polar surface area (TPSA) is 32.9 Å². The van der Waals surface area contributed by atoms with Gasteiger partial charge in [0.05, 0.1) is 0 Å². The number of aromatic amines is 1. The predicted molar refractivity (Wildman–Crippen MR) is 103 cm³/mol. The fourth-order valence-corrected chi connectivity index (χ4v) is 5.44. The highest BCUT2D eigenvalue weighted by Crippen LogP contribution is 2.57. The van der Waals surface area contributed by atoms with Gasteiger partial charge in [-0.2, -0.15) is 0 Å². The lowest BCUT2D eigenvalue weighted by Gasteiger charge is -2.52. The van der Waals surface area contributed by atoms with E-state index in [1.54, 1.807) is 5.57 Å². The summed E-state index contributed by atoms with van der Waals surface area (Å²) in [5.41, 5.74) is 4.14. The Hall–Kier alpha value is -1.83. The third-order valence-corrected chi connectivity index (χ3v) is 7.36. The lowest BCUT2D eigenvalue weighted by atomic mass is 9.52. The van der Waals surface area contributed by atoms with Crippen molar-refractivity contribution in [3.05, 3.63) is 47.7 Å². The number of fused-ring (bicyclic) bond motifs is 2. The van der Waals surface area contributed by atoms with Crippen LogP contribution in [0.25, 0.3) is 10.9 Å². The van der Waals surface area contributed by atoms with E-state index in [0.29, 0.717) is 11.8 Å². The van der Waals surface area contributed by atoms with Crippen LogP contribution in [0.1, 0.15) is 52.0 Å². The second-order valence-corrected chi connectivity index (χ2v) is 8.81. The second kappa shape index (κ2) is 5.86. The number of carbonyl (C=O) groups is 1. The first-order valence-electron chi connectivity index (χ1n) is 9.70. The number of hydrogen-bond acceptors (Lipinski definition) is 1. The zero-order chi connectivity index (χ0) is 17.7. The van der Waals surface area contributed by atoms with Gasteiger partial charge in [0.2, 0.25) is 0 Å². The fraction of sp³-hybridized carbons (Fsp3) is 0.522. The van der Waals surface area contributed by atoms with Gasteiger partial charge in [0.15, 0.2) is 0 Å². The minimum Gasteiger partial charge on any atom is -0.361 e. The Balaban J connectivity index is 1.75. The molecule has 2 aliphatic carbocycles. The normalized spacial score (nSPS) is 35.2. The van der Waals surface area contributed by atoms with E-state index < -0.39 is 0 Å². The first-order chi connectivity index (χ1) is 12.0. The number of para-hydroxylation sites is 1. The maximum Gasteiger partial charge on any atom is 0.126 e. The molecular formula is C23H29NO. The number of aromatic nitrogens is 1. The monoisotopic (exact) mass is 335 g/mol. The average Bonchev–Trinajstić information content (AvgIpc) is 3.02. The molecule has 0 aliphatic heterocycles. The molecule has 0 spiro atoms. The van der Waals surface area contributed by atoms with Crippen LogP contribution in [0.15, 0.2) is 42.1 Å². The Morgan fingerprint density at radius 2 is 2.04 bits per heavy atom. The third-order valence-electron chi connectivity index (χ3n) is 7.36. The molecular weight excluding hydrogens is 306 g/mol. The summed E-state index contributed by atoms with van der Waals surface area (Å²) in [6, 6.07) is 8.58. The Morgan fingerprint density at radius 1 is 1.24 bits per heavy atom. The van der Waals surface area contributed by atoms with Gasteiger partial charge < -0.3 is 9.78 Å². The van der Waals surface area contributed by atoms with Crippen molar-refractivity contribution in [1.29, 1.82) is 0 Å². The molecule has 0 unspecified atom stereocenters. The van der Waals surface area contributed by atoms with Gasteiger partial charge >= 0.3 is 0 Å². The molecule has 2 heteroatoms. The van der Waals surface area contributed by atoms with E-state index in [1.165, 1.54) is 29.2 Å². The molecule has 4 atom stereocenters. The highest BCUT2D eigenvalue weighted by molar-refractivity contribution is 5.83. The summed E-state index contributed by atoms with van der Waals surface area (Å²) in [7, 11) is 0. The summed E-state index contributed by atoms with van der Waals surface area (Å²) in [4.78, 5) is 15.3. The van der Waals surface area contributed by atoms with Crippen molar-refractivity contribution >= 4 is 17.2 Å². The van der Waals surface area contributed by atoms with Gasteiger partial charge in [-0.3, -0.25) is 0 Å². The van der Waals surface area contributed by atoms with Gasteiger partial charge in [-0.1, -0.05) is 50.6 Å². The number of allylic oxidation sites excluding steroid dienone is 2. The molecule has 1 aromatic heterocycles. The largest absolute Gasteiger partial charge is 0.361 e. The Labute approximate surface area is 150 Å². The van der Waals surface area contributed by atoms with Crippen molar-refractivity contribution in [3.8, 4) is 0 Å². The van der Waals surface area contributed by atoms with E-state index in [4.69, 9.17) is 0 Å². The first-order valence-corrected chi connectivity index (χ1v) is 9.70. The summed E-state index contributed by atoms with van der Waals surface area (Å²) in [6.07, 6.45) is 11.4. The van der Waals surface area contributed by atoms with Gasteiger partial charge in [-0.05, 0) is 61.0 Å². The maximum absolute atomic E-state index is 11.9. The van der Waals surface area contributed by atoms with E-state index >= 15 is 0 Å². The minimum atomic E-state index is -0.175. The van der Waals surface area contributed by atoms with Gasteiger partial charge in [-0.25, -0.2) is 0 Å². The van der Waals surface area contributed by atoms with Crippen molar-refractivity contribution < 1.29 is 4.79 Å². The molecule has 25 heavy (non-hydrogen) atoms. The number of aldehydes is 1. The van der Waals surface area contributed by atoms with Crippen LogP contribution in [-0.4, -0.2) is 11.3 Å². The highest BCUT2D eigenvalue weighted by atomic mass is 16.1. The minimum absolute atomic E-state index is 0.137. The summed E-state index contributed by atoms with van der Waals surface area (Å²) >= 11 is 0. The summed E-state index contributed by atoms with van der Waals surface area (Å²) in [5, 5.41) is 1.34. The molecule has 1 fully saturated rings. The average molecular weight is 335 g/mol. The highest BCUT2D eigenvalue weighted by Gasteiger charge is 2.49. The van der Waals surface area contributed by atoms with Crippen molar-refractivity contribution in [2.24, 2.45) is 22.7 Å².